The third-order valence-electron chi connectivity index (χ3n) is 5.83. The minimum absolute atomic E-state index is 0. The van der Waals surface area contributed by atoms with E-state index in [9.17, 15) is 4.79 Å². The molecule has 1 aromatic heterocycles. The Labute approximate surface area is 184 Å². The van der Waals surface area contributed by atoms with Crippen molar-refractivity contribution >= 4 is 35.7 Å². The second-order valence-electron chi connectivity index (χ2n) is 7.89. The first-order chi connectivity index (χ1) is 13.5. The van der Waals surface area contributed by atoms with Crippen LogP contribution in [0.1, 0.15) is 39.0 Å². The number of rotatable bonds is 8. The molecule has 9 heteroatoms. The topological polar surface area (TPSA) is 82.4 Å². The van der Waals surface area contributed by atoms with Crippen molar-refractivity contribution in [2.45, 2.75) is 57.2 Å². The minimum atomic E-state index is -0.710. The summed E-state index contributed by atoms with van der Waals surface area (Å²) >= 11 is 6.11. The predicted molar refractivity (Wildman–Crippen MR) is 118 cm³/mol. The van der Waals surface area contributed by atoms with E-state index in [2.05, 4.69) is 22.5 Å². The average Bonchev–Trinajstić information content (AvgIpc) is 3.07. The van der Waals surface area contributed by atoms with Crippen molar-refractivity contribution < 1.29 is 9.53 Å². The van der Waals surface area contributed by atoms with Gasteiger partial charge in [0.1, 0.15) is 16.8 Å². The molecule has 2 aliphatic heterocycles. The number of amides is 1. The number of anilines is 1. The summed E-state index contributed by atoms with van der Waals surface area (Å²) in [6, 6.07) is 3.76. The van der Waals surface area contributed by atoms with Gasteiger partial charge in [-0.15, -0.1) is 12.4 Å². The van der Waals surface area contributed by atoms with Crippen LogP contribution in [0, 0.1) is 5.41 Å². The van der Waals surface area contributed by atoms with E-state index in [0.29, 0.717) is 18.0 Å². The lowest BCUT2D eigenvalue weighted by molar-refractivity contribution is -0.127. The van der Waals surface area contributed by atoms with Gasteiger partial charge in [0.2, 0.25) is 5.91 Å². The number of methoxy groups -OCH3 is 1. The molecule has 3 N–H and O–H groups in total. The Morgan fingerprint density at radius 3 is 2.79 bits per heavy atom. The van der Waals surface area contributed by atoms with E-state index in [1.165, 1.54) is 0 Å². The maximum absolute atomic E-state index is 13.3. The molecule has 0 aromatic carbocycles. The summed E-state index contributed by atoms with van der Waals surface area (Å²) in [5, 5.41) is 15.3. The smallest absolute Gasteiger partial charge is 0.247 e. The molecule has 1 atom stereocenters. The van der Waals surface area contributed by atoms with Crippen molar-refractivity contribution in [3.63, 3.8) is 0 Å². The quantitative estimate of drug-likeness (QED) is 0.537. The van der Waals surface area contributed by atoms with Crippen LogP contribution in [0.25, 0.3) is 0 Å². The van der Waals surface area contributed by atoms with E-state index in [1.807, 2.05) is 6.07 Å². The Morgan fingerprint density at radius 2 is 2.14 bits per heavy atom. The monoisotopic (exact) mass is 445 g/mol. The third kappa shape index (κ3) is 5.45. The largest absolute Gasteiger partial charge is 0.385 e. The average molecular weight is 446 g/mol. The van der Waals surface area contributed by atoms with Crippen molar-refractivity contribution in [1.29, 1.82) is 5.41 Å². The fourth-order valence-corrected chi connectivity index (χ4v) is 4.43. The molecule has 2 aliphatic rings. The van der Waals surface area contributed by atoms with Crippen LogP contribution < -0.4 is 16.1 Å². The maximum Gasteiger partial charge on any atom is 0.247 e. The van der Waals surface area contributed by atoms with Gasteiger partial charge < -0.3 is 24.8 Å². The molecule has 0 aliphatic carbocycles. The van der Waals surface area contributed by atoms with Crippen LogP contribution in [0.15, 0.2) is 12.1 Å². The van der Waals surface area contributed by atoms with Crippen molar-refractivity contribution in [2.75, 3.05) is 38.7 Å². The van der Waals surface area contributed by atoms with Gasteiger partial charge in [-0.2, -0.15) is 0 Å². The van der Waals surface area contributed by atoms with Crippen molar-refractivity contribution in [3.05, 3.63) is 22.6 Å². The lowest BCUT2D eigenvalue weighted by Gasteiger charge is -2.35. The highest BCUT2D eigenvalue weighted by Crippen LogP contribution is 2.30. The number of halogens is 2. The summed E-state index contributed by atoms with van der Waals surface area (Å²) in [5.74, 6) is 0.817. The van der Waals surface area contributed by atoms with Gasteiger partial charge in [0, 0.05) is 39.4 Å². The first-order valence-electron chi connectivity index (χ1n) is 10.2. The van der Waals surface area contributed by atoms with Gasteiger partial charge in [0.15, 0.2) is 0 Å². The molecule has 0 radical (unpaired) electrons. The van der Waals surface area contributed by atoms with Gasteiger partial charge in [0.25, 0.3) is 0 Å². The maximum atomic E-state index is 13.3. The molecule has 3 rings (SSSR count). The highest BCUT2D eigenvalue weighted by molar-refractivity contribution is 6.30. The summed E-state index contributed by atoms with van der Waals surface area (Å²) in [5.41, 5.74) is -0.459. The van der Waals surface area contributed by atoms with E-state index in [1.54, 1.807) is 17.7 Å². The van der Waals surface area contributed by atoms with E-state index in [4.69, 9.17) is 21.7 Å². The Balaban J connectivity index is 0.00000300. The molecule has 0 spiro atoms. The number of likely N-dealkylation sites (tertiary alicyclic amines) is 1. The molecule has 1 saturated heterocycles. The van der Waals surface area contributed by atoms with E-state index in [0.717, 1.165) is 57.7 Å². The zero-order valence-corrected chi connectivity index (χ0v) is 18.9. The number of ether oxygens (including phenoxy) is 1. The number of nitrogens with zero attached hydrogens (tertiary/aromatic N) is 2. The third-order valence-corrected chi connectivity index (χ3v) is 6.13. The molecule has 0 saturated carbocycles. The molecule has 1 fully saturated rings. The Bertz CT molecular complexity index is 749. The standard InChI is InChI=1S/C20H32ClN5O2.ClH/c1-3-9-20(14-26-17(24-20)6-5-16(21)18(26)22)19(27)23-15-7-11-25(12-8-15)10-4-13-28-2;/h5-6,15,22,24H,3-4,7-14H2,1-2H3,(H,23,27);1H. The van der Waals surface area contributed by atoms with Gasteiger partial charge >= 0.3 is 0 Å². The molecule has 164 valence electrons. The van der Waals surface area contributed by atoms with Crippen LogP contribution in [0.3, 0.4) is 0 Å². The summed E-state index contributed by atoms with van der Waals surface area (Å²) in [6.45, 7) is 6.38. The SMILES string of the molecule is CCCC1(C(=O)NC2CCN(CCCOC)CC2)Cn2c(ccc(Cl)c2=N)N1.Cl. The van der Waals surface area contributed by atoms with Crippen LogP contribution >= 0.6 is 24.0 Å². The lowest BCUT2D eigenvalue weighted by Crippen LogP contribution is -2.56. The van der Waals surface area contributed by atoms with Crippen LogP contribution in [0.5, 0.6) is 0 Å². The van der Waals surface area contributed by atoms with Gasteiger partial charge in [-0.1, -0.05) is 24.9 Å². The minimum Gasteiger partial charge on any atom is -0.385 e. The molecule has 1 amide bonds. The zero-order valence-electron chi connectivity index (χ0n) is 17.3. The molecular formula is C20H33Cl2N5O2. The van der Waals surface area contributed by atoms with Crippen LogP contribution in [0.2, 0.25) is 5.02 Å². The fourth-order valence-electron chi connectivity index (χ4n) is 4.27. The normalized spacial score (nSPS) is 21.9. The number of piperidine rings is 1. The predicted octanol–water partition coefficient (Wildman–Crippen LogP) is 2.62. The summed E-state index contributed by atoms with van der Waals surface area (Å²) in [4.78, 5) is 15.7. The van der Waals surface area contributed by atoms with Crippen molar-refractivity contribution in [1.82, 2.24) is 14.8 Å². The molecule has 1 aromatic rings. The number of aromatic nitrogens is 1. The Hall–Kier alpha value is -1.28. The first kappa shape index (κ1) is 24.0. The van der Waals surface area contributed by atoms with Crippen LogP contribution in [-0.4, -0.2) is 60.3 Å². The van der Waals surface area contributed by atoms with E-state index < -0.39 is 5.54 Å². The van der Waals surface area contributed by atoms with Crippen LogP contribution in [0.4, 0.5) is 5.82 Å². The number of nitrogens with one attached hydrogen (secondary N) is 3. The van der Waals surface area contributed by atoms with Gasteiger partial charge in [-0.05, 0) is 37.8 Å². The number of pyridine rings is 1. The lowest BCUT2D eigenvalue weighted by atomic mass is 9.92. The summed E-state index contributed by atoms with van der Waals surface area (Å²) in [6.07, 6.45) is 4.58. The number of hydrogen-bond donors (Lipinski definition) is 3. The molecular weight excluding hydrogens is 413 g/mol. The first-order valence-corrected chi connectivity index (χ1v) is 10.6. The van der Waals surface area contributed by atoms with Gasteiger partial charge in [-0.25, -0.2) is 0 Å². The highest BCUT2D eigenvalue weighted by Gasteiger charge is 2.44. The van der Waals surface area contributed by atoms with Crippen molar-refractivity contribution in [2.24, 2.45) is 0 Å². The number of hydrogen-bond acceptors (Lipinski definition) is 5. The highest BCUT2D eigenvalue weighted by atomic mass is 35.5. The van der Waals surface area contributed by atoms with E-state index in [-0.39, 0.29) is 29.8 Å². The van der Waals surface area contributed by atoms with E-state index >= 15 is 0 Å². The summed E-state index contributed by atoms with van der Waals surface area (Å²) in [7, 11) is 1.74. The molecule has 0 bridgehead atoms. The molecule has 1 unspecified atom stereocenters. The molecule has 29 heavy (non-hydrogen) atoms. The molecule has 7 nitrogen and oxygen atoms in total. The van der Waals surface area contributed by atoms with Crippen LogP contribution in [-0.2, 0) is 16.1 Å². The Kier molecular flexibility index (Phi) is 8.82. The van der Waals surface area contributed by atoms with Gasteiger partial charge in [0.05, 0.1) is 11.6 Å². The summed E-state index contributed by atoms with van der Waals surface area (Å²) < 4.78 is 6.93. The van der Waals surface area contributed by atoms with Crippen molar-refractivity contribution in [3.8, 4) is 0 Å². The molecule has 3 heterocycles. The number of carbonyl (C=O) groups is 1. The zero-order chi connectivity index (χ0) is 20.1. The second-order valence-corrected chi connectivity index (χ2v) is 8.30. The number of carbonyl (C=O) groups excluding carboxylic acids is 1. The number of fused-ring (bicyclic) bond motifs is 1. The fraction of sp³-hybridized carbons (Fsp3) is 0.700. The second kappa shape index (κ2) is 10.7. The Morgan fingerprint density at radius 1 is 1.41 bits per heavy atom. The van der Waals surface area contributed by atoms with Gasteiger partial charge in [-0.3, -0.25) is 10.2 Å².